The molecule has 0 aliphatic carbocycles. The fourth-order valence-corrected chi connectivity index (χ4v) is 2.94. The van der Waals surface area contributed by atoms with E-state index in [4.69, 9.17) is 14.2 Å². The fraction of sp³-hybridized carbons (Fsp3) is 0.176. The zero-order valence-corrected chi connectivity index (χ0v) is 14.6. The molecule has 124 valence electrons. The Labute approximate surface area is 146 Å². The fourth-order valence-electron chi connectivity index (χ4n) is 2.56. The van der Waals surface area contributed by atoms with Gasteiger partial charge in [-0.2, -0.15) is 0 Å². The molecule has 1 heterocycles. The number of hydrogen-bond donors (Lipinski definition) is 0. The van der Waals surface area contributed by atoms with Gasteiger partial charge in [0, 0.05) is 21.7 Å². The van der Waals surface area contributed by atoms with Crippen LogP contribution < -0.4 is 14.2 Å². The van der Waals surface area contributed by atoms with Gasteiger partial charge in [0.25, 0.3) is 5.70 Å². The van der Waals surface area contributed by atoms with Crippen molar-refractivity contribution in [3.8, 4) is 17.2 Å². The molecule has 1 aliphatic heterocycles. The molecule has 0 N–H and O–H groups in total. The third kappa shape index (κ3) is 2.94. The van der Waals surface area contributed by atoms with Gasteiger partial charge in [0.15, 0.2) is 11.5 Å². The average Bonchev–Trinajstić information content (AvgIpc) is 2.59. The minimum absolute atomic E-state index is 0.0344. The van der Waals surface area contributed by atoms with E-state index in [0.717, 1.165) is 4.47 Å². The minimum Gasteiger partial charge on any atom is -0.493 e. The van der Waals surface area contributed by atoms with Crippen LogP contribution in [0, 0.1) is 10.1 Å². The van der Waals surface area contributed by atoms with Crippen LogP contribution in [0.4, 0.5) is 0 Å². The van der Waals surface area contributed by atoms with Crippen LogP contribution in [0.2, 0.25) is 0 Å². The Morgan fingerprint density at radius 2 is 1.88 bits per heavy atom. The monoisotopic (exact) mass is 391 g/mol. The first-order chi connectivity index (χ1) is 11.5. The van der Waals surface area contributed by atoms with Crippen molar-refractivity contribution in [2.24, 2.45) is 0 Å². The lowest BCUT2D eigenvalue weighted by Crippen LogP contribution is -2.19. The van der Waals surface area contributed by atoms with E-state index in [1.54, 1.807) is 30.3 Å². The van der Waals surface area contributed by atoms with Gasteiger partial charge in [-0.25, -0.2) is 0 Å². The van der Waals surface area contributed by atoms with Crippen molar-refractivity contribution in [1.82, 2.24) is 0 Å². The third-order valence-corrected chi connectivity index (χ3v) is 4.20. The molecule has 0 fully saturated rings. The van der Waals surface area contributed by atoms with E-state index in [1.165, 1.54) is 20.3 Å². The number of halogens is 1. The Morgan fingerprint density at radius 1 is 1.12 bits per heavy atom. The van der Waals surface area contributed by atoms with Crippen molar-refractivity contribution >= 4 is 22.0 Å². The van der Waals surface area contributed by atoms with E-state index < -0.39 is 11.0 Å². The molecular weight excluding hydrogens is 378 g/mol. The number of nitro groups is 1. The summed E-state index contributed by atoms with van der Waals surface area (Å²) in [5.41, 5.74) is 1.24. The highest BCUT2D eigenvalue weighted by Gasteiger charge is 2.33. The van der Waals surface area contributed by atoms with E-state index in [0.29, 0.717) is 28.4 Å². The Bertz CT molecular complexity index is 834. The van der Waals surface area contributed by atoms with Crippen molar-refractivity contribution < 1.29 is 19.1 Å². The summed E-state index contributed by atoms with van der Waals surface area (Å²) in [5.74, 6) is 1.62. The highest BCUT2D eigenvalue weighted by atomic mass is 79.9. The van der Waals surface area contributed by atoms with Crippen molar-refractivity contribution in [3.05, 3.63) is 67.8 Å². The maximum atomic E-state index is 11.5. The summed E-state index contributed by atoms with van der Waals surface area (Å²) >= 11 is 3.36. The van der Waals surface area contributed by atoms with Gasteiger partial charge >= 0.3 is 0 Å². The molecule has 0 radical (unpaired) electrons. The highest BCUT2D eigenvalue weighted by Crippen LogP contribution is 2.40. The molecule has 1 aliphatic rings. The van der Waals surface area contributed by atoms with Crippen LogP contribution in [0.5, 0.6) is 17.2 Å². The molecule has 0 bridgehead atoms. The zero-order valence-electron chi connectivity index (χ0n) is 13.0. The number of methoxy groups -OCH3 is 2. The van der Waals surface area contributed by atoms with Gasteiger partial charge in [0.05, 0.1) is 19.1 Å². The molecule has 7 heteroatoms. The normalized spacial score (nSPS) is 15.8. The van der Waals surface area contributed by atoms with Gasteiger partial charge in [-0.1, -0.05) is 22.0 Å². The van der Waals surface area contributed by atoms with E-state index in [2.05, 4.69) is 15.9 Å². The van der Waals surface area contributed by atoms with Gasteiger partial charge in [-0.05, 0) is 30.3 Å². The standard InChI is InChI=1S/C17H14BrNO5/c1-22-15-5-3-10(9-16(15)23-2)17-13(19(20)21)8-11-7-12(18)4-6-14(11)24-17/h3-9,17H,1-2H3/t17-/m0/s1. The van der Waals surface area contributed by atoms with Gasteiger partial charge in [-0.3, -0.25) is 10.1 Å². The number of ether oxygens (including phenoxy) is 3. The highest BCUT2D eigenvalue weighted by molar-refractivity contribution is 9.10. The molecular formula is C17H14BrNO5. The maximum absolute atomic E-state index is 11.5. The SMILES string of the molecule is COc1ccc([C@@H]2Oc3ccc(Br)cc3C=C2[N+](=O)[O-])cc1OC. The van der Waals surface area contributed by atoms with Crippen LogP contribution in [0.3, 0.4) is 0 Å². The number of benzene rings is 2. The molecule has 0 unspecified atom stereocenters. The lowest BCUT2D eigenvalue weighted by molar-refractivity contribution is -0.434. The minimum atomic E-state index is -0.825. The largest absolute Gasteiger partial charge is 0.493 e. The molecule has 3 rings (SSSR count). The topological polar surface area (TPSA) is 70.8 Å². The summed E-state index contributed by atoms with van der Waals surface area (Å²) in [5, 5.41) is 11.5. The maximum Gasteiger partial charge on any atom is 0.291 e. The summed E-state index contributed by atoms with van der Waals surface area (Å²) in [6, 6.07) is 10.5. The van der Waals surface area contributed by atoms with E-state index in [1.807, 2.05) is 6.07 Å². The average molecular weight is 392 g/mol. The Morgan fingerprint density at radius 3 is 2.54 bits per heavy atom. The number of nitrogens with zero attached hydrogens (tertiary/aromatic N) is 1. The Hall–Kier alpha value is -2.54. The van der Waals surface area contributed by atoms with Crippen molar-refractivity contribution in [2.75, 3.05) is 14.2 Å². The van der Waals surface area contributed by atoms with Gasteiger partial charge in [0.1, 0.15) is 5.75 Å². The van der Waals surface area contributed by atoms with Crippen LogP contribution in [-0.4, -0.2) is 19.1 Å². The lowest BCUT2D eigenvalue weighted by Gasteiger charge is -2.23. The molecule has 2 aromatic carbocycles. The molecule has 0 aromatic heterocycles. The summed E-state index contributed by atoms with van der Waals surface area (Å²) in [6.07, 6.45) is 0.707. The Kier molecular flexibility index (Phi) is 4.44. The van der Waals surface area contributed by atoms with E-state index >= 15 is 0 Å². The second kappa shape index (κ2) is 6.52. The summed E-state index contributed by atoms with van der Waals surface area (Å²) in [4.78, 5) is 11.1. The van der Waals surface area contributed by atoms with Crippen molar-refractivity contribution in [2.45, 2.75) is 6.10 Å². The van der Waals surface area contributed by atoms with Gasteiger partial charge in [0.2, 0.25) is 6.10 Å². The molecule has 1 atom stereocenters. The van der Waals surface area contributed by atoms with Crippen LogP contribution in [0.1, 0.15) is 17.2 Å². The predicted octanol–water partition coefficient (Wildman–Crippen LogP) is 4.22. The number of hydrogen-bond acceptors (Lipinski definition) is 5. The lowest BCUT2D eigenvalue weighted by atomic mass is 10.0. The van der Waals surface area contributed by atoms with E-state index in [-0.39, 0.29) is 5.70 Å². The first-order valence-electron chi connectivity index (χ1n) is 7.07. The molecule has 2 aromatic rings. The van der Waals surface area contributed by atoms with Crippen LogP contribution in [0.15, 0.2) is 46.6 Å². The molecule has 0 spiro atoms. The van der Waals surface area contributed by atoms with E-state index in [9.17, 15) is 10.1 Å². The quantitative estimate of drug-likeness (QED) is 0.576. The summed E-state index contributed by atoms with van der Waals surface area (Å²) in [6.45, 7) is 0. The van der Waals surface area contributed by atoms with Crippen LogP contribution in [-0.2, 0) is 0 Å². The molecule has 0 saturated carbocycles. The van der Waals surface area contributed by atoms with Gasteiger partial charge in [-0.15, -0.1) is 0 Å². The zero-order chi connectivity index (χ0) is 17.3. The molecule has 0 saturated heterocycles. The molecule has 24 heavy (non-hydrogen) atoms. The van der Waals surface area contributed by atoms with Crippen LogP contribution >= 0.6 is 15.9 Å². The number of rotatable bonds is 4. The van der Waals surface area contributed by atoms with Crippen LogP contribution in [0.25, 0.3) is 6.08 Å². The molecule has 0 amide bonds. The van der Waals surface area contributed by atoms with Crippen molar-refractivity contribution in [3.63, 3.8) is 0 Å². The Balaban J connectivity index is 2.08. The second-order valence-corrected chi connectivity index (χ2v) is 6.04. The van der Waals surface area contributed by atoms with Crippen molar-refractivity contribution in [1.29, 1.82) is 0 Å². The summed E-state index contributed by atoms with van der Waals surface area (Å²) in [7, 11) is 3.05. The third-order valence-electron chi connectivity index (χ3n) is 3.71. The van der Waals surface area contributed by atoms with Gasteiger partial charge < -0.3 is 14.2 Å². The first-order valence-corrected chi connectivity index (χ1v) is 7.87. The smallest absolute Gasteiger partial charge is 0.291 e. The predicted molar refractivity (Wildman–Crippen MR) is 92.0 cm³/mol. The molecule has 6 nitrogen and oxygen atoms in total. The summed E-state index contributed by atoms with van der Waals surface area (Å²) < 4.78 is 17.2. The number of fused-ring (bicyclic) bond motifs is 1. The second-order valence-electron chi connectivity index (χ2n) is 5.12. The first kappa shape index (κ1) is 16.3.